The predicted octanol–water partition coefficient (Wildman–Crippen LogP) is 3.90. The average molecular weight is 362 g/mol. The first-order chi connectivity index (χ1) is 13.2. The number of imide groups is 1. The Labute approximate surface area is 160 Å². The molecule has 0 aliphatic carbocycles. The minimum atomic E-state index is -0.324. The zero-order valence-corrected chi connectivity index (χ0v) is 15.6. The second-order valence-electron chi connectivity index (χ2n) is 6.85. The maximum atomic E-state index is 11.9. The van der Waals surface area contributed by atoms with E-state index in [9.17, 15) is 9.59 Å². The lowest BCUT2D eigenvalue weighted by Crippen LogP contribution is -2.31. The van der Waals surface area contributed by atoms with Crippen molar-refractivity contribution in [2.75, 3.05) is 19.6 Å². The van der Waals surface area contributed by atoms with E-state index in [1.165, 1.54) is 11.1 Å². The van der Waals surface area contributed by atoms with Crippen LogP contribution in [0.15, 0.2) is 66.7 Å². The summed E-state index contributed by atoms with van der Waals surface area (Å²) in [6, 6.07) is 19.4. The number of carbonyl (C=O) groups is 2. The molecule has 0 bridgehead atoms. The summed E-state index contributed by atoms with van der Waals surface area (Å²) in [5.74, 6) is -0.524. The standard InChI is InChI=1S/C23H26N2O2/c26-22(24-23(27)21-11-5-2-6-12-21)13-7-8-16-25-17-14-20(15-18-25)19-9-3-1-4-10-19/h1-6,9-12,14H,7-8,13,15-18H2,(H,24,26,27). The molecule has 0 aromatic heterocycles. The zero-order chi connectivity index (χ0) is 18.9. The van der Waals surface area contributed by atoms with Gasteiger partial charge in [0.05, 0.1) is 0 Å². The number of nitrogens with zero attached hydrogens (tertiary/aromatic N) is 1. The molecular weight excluding hydrogens is 336 g/mol. The van der Waals surface area contributed by atoms with Crippen molar-refractivity contribution in [3.8, 4) is 0 Å². The third-order valence-electron chi connectivity index (χ3n) is 4.85. The van der Waals surface area contributed by atoms with Crippen molar-refractivity contribution in [3.05, 3.63) is 77.9 Å². The summed E-state index contributed by atoms with van der Waals surface area (Å²) in [7, 11) is 0. The number of hydrogen-bond donors (Lipinski definition) is 1. The number of rotatable bonds is 7. The van der Waals surface area contributed by atoms with E-state index in [1.54, 1.807) is 24.3 Å². The number of amides is 2. The molecule has 4 heteroatoms. The van der Waals surface area contributed by atoms with Gasteiger partial charge in [0.15, 0.2) is 0 Å². The van der Waals surface area contributed by atoms with E-state index in [1.807, 2.05) is 12.1 Å². The molecule has 1 N–H and O–H groups in total. The molecule has 1 aliphatic rings. The molecule has 0 spiro atoms. The fraction of sp³-hybridized carbons (Fsp3) is 0.304. The highest BCUT2D eigenvalue weighted by molar-refractivity contribution is 6.04. The molecule has 4 nitrogen and oxygen atoms in total. The van der Waals surface area contributed by atoms with Gasteiger partial charge < -0.3 is 0 Å². The number of carbonyl (C=O) groups excluding carboxylic acids is 2. The molecule has 0 fully saturated rings. The summed E-state index contributed by atoms with van der Waals surface area (Å²) in [5, 5.41) is 2.46. The highest BCUT2D eigenvalue weighted by Gasteiger charge is 2.13. The second-order valence-corrected chi connectivity index (χ2v) is 6.85. The van der Waals surface area contributed by atoms with Gasteiger partial charge in [-0.1, -0.05) is 54.6 Å². The molecule has 0 radical (unpaired) electrons. The fourth-order valence-electron chi connectivity index (χ4n) is 3.30. The fourth-order valence-corrected chi connectivity index (χ4v) is 3.30. The molecule has 1 aliphatic heterocycles. The number of benzene rings is 2. The van der Waals surface area contributed by atoms with Crippen molar-refractivity contribution in [1.82, 2.24) is 10.2 Å². The summed E-state index contributed by atoms with van der Waals surface area (Å²) in [6.07, 6.45) is 5.51. The van der Waals surface area contributed by atoms with Crippen LogP contribution in [0, 0.1) is 0 Å². The second kappa shape index (κ2) is 9.83. The van der Waals surface area contributed by atoms with Crippen LogP contribution in [0.2, 0.25) is 0 Å². The Hall–Kier alpha value is -2.72. The van der Waals surface area contributed by atoms with Crippen molar-refractivity contribution in [2.24, 2.45) is 0 Å². The van der Waals surface area contributed by atoms with Crippen LogP contribution in [0.5, 0.6) is 0 Å². The number of nitrogens with one attached hydrogen (secondary N) is 1. The van der Waals surface area contributed by atoms with Crippen LogP contribution in [0.4, 0.5) is 0 Å². The Bertz CT molecular complexity index is 785. The quantitative estimate of drug-likeness (QED) is 0.760. The van der Waals surface area contributed by atoms with E-state index in [2.05, 4.69) is 40.6 Å². The molecule has 2 amide bonds. The summed E-state index contributed by atoms with van der Waals surface area (Å²) in [5.41, 5.74) is 3.25. The Morgan fingerprint density at radius 2 is 1.63 bits per heavy atom. The summed E-state index contributed by atoms with van der Waals surface area (Å²) >= 11 is 0. The normalized spacial score (nSPS) is 14.4. The molecular formula is C23H26N2O2. The molecule has 27 heavy (non-hydrogen) atoms. The van der Waals surface area contributed by atoms with Crippen molar-refractivity contribution >= 4 is 17.4 Å². The van der Waals surface area contributed by atoms with Gasteiger partial charge in [-0.15, -0.1) is 0 Å². The van der Waals surface area contributed by atoms with Gasteiger partial charge in [0.25, 0.3) is 5.91 Å². The van der Waals surface area contributed by atoms with Gasteiger partial charge in [0.2, 0.25) is 5.91 Å². The Balaban J connectivity index is 1.33. The van der Waals surface area contributed by atoms with E-state index in [0.717, 1.165) is 38.9 Å². The minimum absolute atomic E-state index is 0.200. The molecule has 2 aromatic rings. The maximum absolute atomic E-state index is 11.9. The molecule has 2 aromatic carbocycles. The smallest absolute Gasteiger partial charge is 0.257 e. The van der Waals surface area contributed by atoms with Crippen molar-refractivity contribution in [2.45, 2.75) is 25.7 Å². The lowest BCUT2D eigenvalue weighted by atomic mass is 9.99. The van der Waals surface area contributed by atoms with Crippen molar-refractivity contribution in [1.29, 1.82) is 0 Å². The summed E-state index contributed by atoms with van der Waals surface area (Å²) in [4.78, 5) is 26.3. The van der Waals surface area contributed by atoms with Crippen LogP contribution in [0.3, 0.4) is 0 Å². The van der Waals surface area contributed by atoms with Crippen molar-refractivity contribution in [3.63, 3.8) is 0 Å². The average Bonchev–Trinajstić information content (AvgIpc) is 2.73. The van der Waals surface area contributed by atoms with Gasteiger partial charge >= 0.3 is 0 Å². The first-order valence-corrected chi connectivity index (χ1v) is 9.58. The maximum Gasteiger partial charge on any atom is 0.257 e. The third kappa shape index (κ3) is 5.90. The zero-order valence-electron chi connectivity index (χ0n) is 15.6. The first kappa shape index (κ1) is 19.1. The van der Waals surface area contributed by atoms with Crippen LogP contribution in [0.25, 0.3) is 5.57 Å². The van der Waals surface area contributed by atoms with Crippen molar-refractivity contribution < 1.29 is 9.59 Å². The van der Waals surface area contributed by atoms with E-state index in [4.69, 9.17) is 0 Å². The Kier molecular flexibility index (Phi) is 6.94. The monoisotopic (exact) mass is 362 g/mol. The van der Waals surface area contributed by atoms with Crippen LogP contribution in [-0.4, -0.2) is 36.3 Å². The molecule has 0 atom stereocenters. The number of unbranched alkanes of at least 4 members (excludes halogenated alkanes) is 1. The van der Waals surface area contributed by atoms with E-state index in [0.29, 0.717) is 12.0 Å². The predicted molar refractivity (Wildman–Crippen MR) is 108 cm³/mol. The SMILES string of the molecule is O=C(CCCCN1CC=C(c2ccccc2)CC1)NC(=O)c1ccccc1. The molecule has 1 heterocycles. The molecule has 3 rings (SSSR count). The van der Waals surface area contributed by atoms with E-state index in [-0.39, 0.29) is 11.8 Å². The highest BCUT2D eigenvalue weighted by atomic mass is 16.2. The summed E-state index contributed by atoms with van der Waals surface area (Å²) in [6.45, 7) is 3.00. The van der Waals surface area contributed by atoms with Crippen LogP contribution in [-0.2, 0) is 4.79 Å². The third-order valence-corrected chi connectivity index (χ3v) is 4.85. The first-order valence-electron chi connectivity index (χ1n) is 9.58. The Morgan fingerprint density at radius 1 is 0.926 bits per heavy atom. The van der Waals surface area contributed by atoms with E-state index < -0.39 is 0 Å². The van der Waals surface area contributed by atoms with Gasteiger partial charge in [0, 0.05) is 25.1 Å². The number of hydrogen-bond acceptors (Lipinski definition) is 3. The summed E-state index contributed by atoms with van der Waals surface area (Å²) < 4.78 is 0. The van der Waals surface area contributed by atoms with Gasteiger partial charge in [0.1, 0.15) is 0 Å². The largest absolute Gasteiger partial charge is 0.299 e. The van der Waals surface area contributed by atoms with Gasteiger partial charge in [-0.05, 0) is 49.1 Å². The molecule has 140 valence electrons. The van der Waals surface area contributed by atoms with Gasteiger partial charge in [-0.3, -0.25) is 19.8 Å². The Morgan fingerprint density at radius 3 is 2.30 bits per heavy atom. The van der Waals surface area contributed by atoms with Gasteiger partial charge in [-0.2, -0.15) is 0 Å². The van der Waals surface area contributed by atoms with Crippen LogP contribution in [0.1, 0.15) is 41.6 Å². The topological polar surface area (TPSA) is 49.4 Å². The molecule has 0 unspecified atom stereocenters. The molecule has 0 saturated heterocycles. The van der Waals surface area contributed by atoms with Crippen LogP contribution < -0.4 is 5.32 Å². The van der Waals surface area contributed by atoms with Crippen LogP contribution >= 0.6 is 0 Å². The molecule has 0 saturated carbocycles. The lowest BCUT2D eigenvalue weighted by molar-refractivity contribution is -0.120. The lowest BCUT2D eigenvalue weighted by Gasteiger charge is -2.26. The van der Waals surface area contributed by atoms with Gasteiger partial charge in [-0.25, -0.2) is 0 Å². The highest BCUT2D eigenvalue weighted by Crippen LogP contribution is 2.22. The minimum Gasteiger partial charge on any atom is -0.299 e. The van der Waals surface area contributed by atoms with E-state index >= 15 is 0 Å².